The van der Waals surface area contributed by atoms with Crippen LogP contribution in [0.4, 0.5) is 8.78 Å². The summed E-state index contributed by atoms with van der Waals surface area (Å²) in [5, 5.41) is 3.13. The van der Waals surface area contributed by atoms with Crippen molar-refractivity contribution < 1.29 is 17.2 Å². The molecule has 0 aliphatic carbocycles. The second-order valence-electron chi connectivity index (χ2n) is 5.16. The molecule has 1 N–H and O–H groups in total. The summed E-state index contributed by atoms with van der Waals surface area (Å²) in [6, 6.07) is 2.19. The van der Waals surface area contributed by atoms with Crippen molar-refractivity contribution in [3.8, 4) is 0 Å². The SMILES string of the molecule is CCCNC(CS(=O)(=O)c1cc(F)ccc1F)C(C)C. The summed E-state index contributed by atoms with van der Waals surface area (Å²) in [4.78, 5) is -0.568. The van der Waals surface area contributed by atoms with Gasteiger partial charge in [-0.3, -0.25) is 0 Å². The Bertz CT molecular complexity index is 544. The van der Waals surface area contributed by atoms with Crippen LogP contribution in [-0.4, -0.2) is 26.8 Å². The van der Waals surface area contributed by atoms with E-state index >= 15 is 0 Å². The Kier molecular flexibility index (Phi) is 6.07. The van der Waals surface area contributed by atoms with Gasteiger partial charge in [0.25, 0.3) is 0 Å². The molecule has 0 radical (unpaired) electrons. The van der Waals surface area contributed by atoms with Crippen LogP contribution in [0, 0.1) is 17.6 Å². The fraction of sp³-hybridized carbons (Fsp3) is 0.571. The average Bonchev–Trinajstić information content (AvgIpc) is 2.36. The first-order valence-electron chi connectivity index (χ1n) is 6.69. The molecule has 1 rings (SSSR count). The summed E-state index contributed by atoms with van der Waals surface area (Å²) in [6.45, 7) is 6.45. The molecule has 1 atom stereocenters. The van der Waals surface area contributed by atoms with Gasteiger partial charge < -0.3 is 5.32 Å². The van der Waals surface area contributed by atoms with E-state index in [0.29, 0.717) is 6.54 Å². The van der Waals surface area contributed by atoms with Crippen molar-refractivity contribution in [1.82, 2.24) is 5.32 Å². The van der Waals surface area contributed by atoms with E-state index in [1.165, 1.54) is 0 Å². The maximum Gasteiger partial charge on any atom is 0.182 e. The lowest BCUT2D eigenvalue weighted by atomic mass is 10.1. The molecule has 1 unspecified atom stereocenters. The largest absolute Gasteiger partial charge is 0.313 e. The van der Waals surface area contributed by atoms with Crippen molar-refractivity contribution >= 4 is 9.84 Å². The maximum atomic E-state index is 13.6. The molecule has 1 aromatic rings. The van der Waals surface area contributed by atoms with Gasteiger partial charge in [-0.25, -0.2) is 17.2 Å². The highest BCUT2D eigenvalue weighted by Crippen LogP contribution is 2.19. The number of nitrogens with one attached hydrogen (secondary N) is 1. The first-order chi connectivity index (χ1) is 9.27. The van der Waals surface area contributed by atoms with E-state index in [1.807, 2.05) is 20.8 Å². The Labute approximate surface area is 119 Å². The lowest BCUT2D eigenvalue weighted by Crippen LogP contribution is -2.40. The predicted octanol–water partition coefficient (Wildman–Crippen LogP) is 2.76. The Hall–Kier alpha value is -1.01. The topological polar surface area (TPSA) is 46.2 Å². The lowest BCUT2D eigenvalue weighted by Gasteiger charge is -2.22. The van der Waals surface area contributed by atoms with Crippen LogP contribution in [0.1, 0.15) is 27.2 Å². The Morgan fingerprint density at radius 3 is 2.45 bits per heavy atom. The monoisotopic (exact) mass is 305 g/mol. The van der Waals surface area contributed by atoms with Crippen LogP contribution in [-0.2, 0) is 9.84 Å². The molecule has 0 spiro atoms. The molecule has 0 aliphatic rings. The third kappa shape index (κ3) is 4.52. The number of sulfone groups is 1. The van der Waals surface area contributed by atoms with Gasteiger partial charge in [0.1, 0.15) is 16.5 Å². The third-order valence-corrected chi connectivity index (χ3v) is 4.87. The van der Waals surface area contributed by atoms with E-state index in [2.05, 4.69) is 5.32 Å². The number of hydrogen-bond acceptors (Lipinski definition) is 3. The molecule has 0 bridgehead atoms. The average molecular weight is 305 g/mol. The highest BCUT2D eigenvalue weighted by Gasteiger charge is 2.26. The molecule has 20 heavy (non-hydrogen) atoms. The molecule has 0 aliphatic heterocycles. The zero-order valence-corrected chi connectivity index (χ0v) is 12.8. The van der Waals surface area contributed by atoms with Gasteiger partial charge in [0.05, 0.1) is 5.75 Å². The van der Waals surface area contributed by atoms with E-state index in [0.717, 1.165) is 24.6 Å². The number of halogens is 2. The van der Waals surface area contributed by atoms with Gasteiger partial charge in [-0.1, -0.05) is 20.8 Å². The molecule has 6 heteroatoms. The summed E-state index contributed by atoms with van der Waals surface area (Å²) in [6.07, 6.45) is 0.873. The van der Waals surface area contributed by atoms with E-state index in [-0.39, 0.29) is 17.7 Å². The predicted molar refractivity (Wildman–Crippen MR) is 75.3 cm³/mol. The summed E-state index contributed by atoms with van der Waals surface area (Å²) in [5.74, 6) is -1.84. The minimum Gasteiger partial charge on any atom is -0.313 e. The molecule has 0 saturated carbocycles. The van der Waals surface area contributed by atoms with Crippen LogP contribution in [0.2, 0.25) is 0 Å². The minimum absolute atomic E-state index is 0.0768. The second kappa shape index (κ2) is 7.13. The summed E-state index contributed by atoms with van der Waals surface area (Å²) in [7, 11) is -3.87. The number of hydrogen-bond donors (Lipinski definition) is 1. The van der Waals surface area contributed by atoms with Crippen molar-refractivity contribution in [1.29, 1.82) is 0 Å². The van der Waals surface area contributed by atoms with Crippen LogP contribution < -0.4 is 5.32 Å². The normalized spacial score (nSPS) is 13.7. The summed E-state index contributed by atoms with van der Waals surface area (Å²) >= 11 is 0. The maximum absolute atomic E-state index is 13.6. The minimum atomic E-state index is -3.87. The quantitative estimate of drug-likeness (QED) is 0.842. The highest BCUT2D eigenvalue weighted by molar-refractivity contribution is 7.91. The van der Waals surface area contributed by atoms with Gasteiger partial charge in [0.15, 0.2) is 9.84 Å². The Morgan fingerprint density at radius 1 is 1.25 bits per heavy atom. The third-order valence-electron chi connectivity index (χ3n) is 3.09. The summed E-state index contributed by atoms with van der Waals surface area (Å²) in [5.41, 5.74) is 0. The van der Waals surface area contributed by atoms with Crippen LogP contribution in [0.5, 0.6) is 0 Å². The molecule has 0 amide bonds. The number of rotatable bonds is 7. The molecule has 3 nitrogen and oxygen atoms in total. The van der Waals surface area contributed by atoms with Gasteiger partial charge in [0, 0.05) is 6.04 Å². The van der Waals surface area contributed by atoms with Crippen LogP contribution in [0.3, 0.4) is 0 Å². The highest BCUT2D eigenvalue weighted by atomic mass is 32.2. The lowest BCUT2D eigenvalue weighted by molar-refractivity contribution is 0.425. The molecule has 0 aromatic heterocycles. The van der Waals surface area contributed by atoms with E-state index < -0.39 is 26.4 Å². The van der Waals surface area contributed by atoms with Crippen molar-refractivity contribution in [3.63, 3.8) is 0 Å². The Morgan fingerprint density at radius 2 is 1.90 bits per heavy atom. The Balaban J connectivity index is 3.00. The zero-order chi connectivity index (χ0) is 15.3. The van der Waals surface area contributed by atoms with Gasteiger partial charge in [-0.2, -0.15) is 0 Å². The molecule has 0 saturated heterocycles. The van der Waals surface area contributed by atoms with E-state index in [4.69, 9.17) is 0 Å². The fourth-order valence-corrected chi connectivity index (χ4v) is 3.67. The molecule has 1 aromatic carbocycles. The first kappa shape index (κ1) is 17.0. The molecule has 114 valence electrons. The van der Waals surface area contributed by atoms with Gasteiger partial charge in [-0.05, 0) is 37.1 Å². The van der Waals surface area contributed by atoms with Crippen molar-refractivity contribution in [2.45, 2.75) is 38.1 Å². The fourth-order valence-electron chi connectivity index (χ4n) is 1.86. The standard InChI is InChI=1S/C14H21F2NO2S/c1-4-7-17-13(10(2)3)9-20(18,19)14-8-11(15)5-6-12(14)16/h5-6,8,10,13,17H,4,7,9H2,1-3H3. The van der Waals surface area contributed by atoms with E-state index in [1.54, 1.807) is 0 Å². The second-order valence-corrected chi connectivity index (χ2v) is 7.16. The van der Waals surface area contributed by atoms with Gasteiger partial charge >= 0.3 is 0 Å². The van der Waals surface area contributed by atoms with Gasteiger partial charge in [-0.15, -0.1) is 0 Å². The smallest absolute Gasteiger partial charge is 0.182 e. The first-order valence-corrected chi connectivity index (χ1v) is 8.34. The molecule has 0 fully saturated rings. The van der Waals surface area contributed by atoms with Crippen molar-refractivity contribution in [2.75, 3.05) is 12.3 Å². The molecular formula is C14H21F2NO2S. The molecular weight excluding hydrogens is 284 g/mol. The van der Waals surface area contributed by atoms with E-state index in [9.17, 15) is 17.2 Å². The molecule has 0 heterocycles. The van der Waals surface area contributed by atoms with Gasteiger partial charge in [0.2, 0.25) is 0 Å². The number of benzene rings is 1. The van der Waals surface area contributed by atoms with Crippen LogP contribution >= 0.6 is 0 Å². The van der Waals surface area contributed by atoms with Crippen molar-refractivity contribution in [2.24, 2.45) is 5.92 Å². The zero-order valence-electron chi connectivity index (χ0n) is 12.0. The van der Waals surface area contributed by atoms with Crippen LogP contribution in [0.15, 0.2) is 23.1 Å². The van der Waals surface area contributed by atoms with Crippen molar-refractivity contribution in [3.05, 3.63) is 29.8 Å². The van der Waals surface area contributed by atoms with Crippen LogP contribution in [0.25, 0.3) is 0 Å². The summed E-state index contributed by atoms with van der Waals surface area (Å²) < 4.78 is 51.2.